The van der Waals surface area contributed by atoms with Gasteiger partial charge in [-0.1, -0.05) is 35.9 Å². The Morgan fingerprint density at radius 3 is 2.71 bits per heavy atom. The number of aliphatic carboxylic acids is 1. The summed E-state index contributed by atoms with van der Waals surface area (Å²) in [5.74, 6) is -1.04. The summed E-state index contributed by atoms with van der Waals surface area (Å²) in [5.41, 5.74) is 5.32. The fourth-order valence-corrected chi connectivity index (χ4v) is 3.60. The topological polar surface area (TPSA) is 53.0 Å². The number of hydrogen-bond donors (Lipinski definition) is 0. The van der Waals surface area contributed by atoms with Crippen LogP contribution in [0.3, 0.4) is 0 Å². The summed E-state index contributed by atoms with van der Waals surface area (Å²) in [5, 5.41) is 11.8. The third-order valence-electron chi connectivity index (χ3n) is 3.93. The van der Waals surface area contributed by atoms with Gasteiger partial charge in [-0.05, 0) is 61.6 Å². The number of nitrogens with zero attached hydrogens (tertiary/aromatic N) is 1. The second-order valence-electron chi connectivity index (χ2n) is 5.89. The van der Waals surface area contributed by atoms with Crippen molar-refractivity contribution in [2.75, 3.05) is 0 Å². The van der Waals surface area contributed by atoms with E-state index >= 15 is 0 Å². The van der Waals surface area contributed by atoms with E-state index in [4.69, 9.17) is 0 Å². The first-order chi connectivity index (χ1) is 11.5. The Balaban J connectivity index is 2.06. The summed E-state index contributed by atoms with van der Waals surface area (Å²) >= 11 is 1.59. The monoisotopic (exact) mass is 336 g/mol. The Kier molecular flexibility index (Phi) is 4.76. The van der Waals surface area contributed by atoms with Crippen molar-refractivity contribution >= 4 is 39.2 Å². The molecule has 0 saturated carbocycles. The van der Waals surface area contributed by atoms with Crippen molar-refractivity contribution in [3.05, 3.63) is 64.2 Å². The van der Waals surface area contributed by atoms with Crippen molar-refractivity contribution in [2.24, 2.45) is 0 Å². The van der Waals surface area contributed by atoms with Crippen molar-refractivity contribution in [3.8, 4) is 0 Å². The molecule has 0 aliphatic heterocycles. The van der Waals surface area contributed by atoms with Crippen molar-refractivity contribution < 1.29 is 9.90 Å². The molecule has 1 heterocycles. The van der Waals surface area contributed by atoms with Crippen LogP contribution in [0.4, 0.5) is 0 Å². The van der Waals surface area contributed by atoms with E-state index in [1.54, 1.807) is 11.3 Å². The summed E-state index contributed by atoms with van der Waals surface area (Å²) in [6, 6.07) is 14.2. The van der Waals surface area contributed by atoms with Crippen molar-refractivity contribution in [3.63, 3.8) is 0 Å². The molecule has 0 atom stereocenters. The summed E-state index contributed by atoms with van der Waals surface area (Å²) in [6.45, 7) is 4.11. The van der Waals surface area contributed by atoms with E-state index in [0.29, 0.717) is 6.42 Å². The first kappa shape index (κ1) is 16.4. The van der Waals surface area contributed by atoms with Crippen LogP contribution in [-0.4, -0.2) is 11.0 Å². The largest absolute Gasteiger partial charge is 0.550 e. The van der Waals surface area contributed by atoms with Gasteiger partial charge < -0.3 is 9.90 Å². The lowest BCUT2D eigenvalue weighted by atomic mass is 10.0. The highest BCUT2D eigenvalue weighted by atomic mass is 32.1. The van der Waals surface area contributed by atoms with Gasteiger partial charge in [0.05, 0.1) is 10.2 Å². The number of aryl methyl sites for hydroxylation is 2. The lowest BCUT2D eigenvalue weighted by Crippen LogP contribution is -2.21. The summed E-state index contributed by atoms with van der Waals surface area (Å²) in [4.78, 5) is 15.6. The Morgan fingerprint density at radius 2 is 1.96 bits per heavy atom. The van der Waals surface area contributed by atoms with Crippen LogP contribution in [0, 0.1) is 13.8 Å². The highest BCUT2D eigenvalue weighted by Gasteiger charge is 2.10. The van der Waals surface area contributed by atoms with Crippen LogP contribution in [0.5, 0.6) is 0 Å². The maximum atomic E-state index is 10.9. The molecule has 24 heavy (non-hydrogen) atoms. The first-order valence-corrected chi connectivity index (χ1v) is 8.68. The minimum absolute atomic E-state index is 0.00732. The molecular formula is C20H18NO2S-. The van der Waals surface area contributed by atoms with Gasteiger partial charge in [-0.25, -0.2) is 4.98 Å². The average molecular weight is 336 g/mol. The normalized spacial score (nSPS) is 11.8. The van der Waals surface area contributed by atoms with E-state index in [0.717, 1.165) is 31.9 Å². The molecule has 0 saturated heterocycles. The van der Waals surface area contributed by atoms with E-state index in [2.05, 4.69) is 43.1 Å². The summed E-state index contributed by atoms with van der Waals surface area (Å²) < 4.78 is 1.10. The number of para-hydroxylation sites is 1. The molecular weight excluding hydrogens is 318 g/mol. The number of carbonyl (C=O) groups excluding carboxylic acids is 1. The van der Waals surface area contributed by atoms with Crippen LogP contribution in [-0.2, 0) is 4.79 Å². The number of allylic oxidation sites excluding steroid dienone is 1. The van der Waals surface area contributed by atoms with Gasteiger partial charge in [-0.2, -0.15) is 0 Å². The smallest absolute Gasteiger partial charge is 0.120 e. The van der Waals surface area contributed by atoms with Crippen molar-refractivity contribution in [2.45, 2.75) is 26.7 Å². The molecule has 0 amide bonds. The number of benzene rings is 2. The van der Waals surface area contributed by atoms with E-state index < -0.39 is 5.97 Å². The van der Waals surface area contributed by atoms with Crippen LogP contribution in [0.25, 0.3) is 21.9 Å². The number of rotatable bonds is 5. The minimum Gasteiger partial charge on any atom is -0.550 e. The zero-order chi connectivity index (χ0) is 17.1. The number of carboxylic acid groups (broad SMARTS) is 1. The first-order valence-electron chi connectivity index (χ1n) is 7.86. The highest BCUT2D eigenvalue weighted by Crippen LogP contribution is 2.31. The molecule has 2 aromatic carbocycles. The lowest BCUT2D eigenvalue weighted by Gasteiger charge is -2.08. The predicted octanol–water partition coefficient (Wildman–Crippen LogP) is 3.98. The molecule has 3 nitrogen and oxygen atoms in total. The number of thiazole rings is 1. The molecule has 3 rings (SSSR count). The number of carbonyl (C=O) groups is 1. The Morgan fingerprint density at radius 1 is 1.17 bits per heavy atom. The fraction of sp³-hybridized carbons (Fsp3) is 0.200. The number of fused-ring (bicyclic) bond motifs is 1. The maximum Gasteiger partial charge on any atom is 0.120 e. The minimum atomic E-state index is -1.04. The second kappa shape index (κ2) is 6.97. The molecule has 0 aliphatic carbocycles. The molecule has 3 aromatic rings. The van der Waals surface area contributed by atoms with Crippen LogP contribution >= 0.6 is 11.3 Å². The third kappa shape index (κ3) is 3.71. The SMILES string of the molecule is Cc1ccc(C)c(/C=C(\CCC(=O)[O-])c2nc3ccccc3s2)c1. The molecule has 1 aromatic heterocycles. The van der Waals surface area contributed by atoms with Gasteiger partial charge in [0.1, 0.15) is 5.01 Å². The standard InChI is InChI=1S/C20H19NO2S/c1-13-7-8-14(2)16(11-13)12-15(9-10-19(22)23)20-21-17-5-3-4-6-18(17)24-20/h3-8,11-12H,9-10H2,1-2H3,(H,22,23)/p-1/b15-12+. The highest BCUT2D eigenvalue weighted by molar-refractivity contribution is 7.19. The lowest BCUT2D eigenvalue weighted by molar-refractivity contribution is -0.305. The van der Waals surface area contributed by atoms with E-state index in [9.17, 15) is 9.90 Å². The Labute approximate surface area is 145 Å². The molecule has 0 radical (unpaired) electrons. The third-order valence-corrected chi connectivity index (χ3v) is 5.04. The van der Waals surface area contributed by atoms with Gasteiger partial charge in [0.25, 0.3) is 0 Å². The second-order valence-corrected chi connectivity index (χ2v) is 6.92. The van der Waals surface area contributed by atoms with E-state index in [1.165, 1.54) is 5.56 Å². The van der Waals surface area contributed by atoms with Crippen LogP contribution in [0.15, 0.2) is 42.5 Å². The van der Waals surface area contributed by atoms with Crippen LogP contribution in [0.1, 0.15) is 34.5 Å². The zero-order valence-electron chi connectivity index (χ0n) is 13.7. The number of hydrogen-bond acceptors (Lipinski definition) is 4. The molecule has 0 fully saturated rings. The summed E-state index contributed by atoms with van der Waals surface area (Å²) in [7, 11) is 0. The van der Waals surface area contributed by atoms with Crippen LogP contribution < -0.4 is 5.11 Å². The summed E-state index contributed by atoms with van der Waals surface area (Å²) in [6.07, 6.45) is 2.46. The number of aromatic nitrogens is 1. The van der Waals surface area contributed by atoms with E-state index in [-0.39, 0.29) is 6.42 Å². The number of carboxylic acids is 1. The van der Waals surface area contributed by atoms with Crippen molar-refractivity contribution in [1.82, 2.24) is 4.98 Å². The Hall–Kier alpha value is -2.46. The van der Waals surface area contributed by atoms with Gasteiger partial charge in [0, 0.05) is 5.97 Å². The molecule has 0 spiro atoms. The van der Waals surface area contributed by atoms with Gasteiger partial charge in [-0.15, -0.1) is 11.3 Å². The fourth-order valence-electron chi connectivity index (χ4n) is 2.59. The van der Waals surface area contributed by atoms with Gasteiger partial charge in [0.2, 0.25) is 0 Å². The molecule has 122 valence electrons. The average Bonchev–Trinajstić information content (AvgIpc) is 2.98. The Bertz CT molecular complexity index is 891. The maximum absolute atomic E-state index is 10.9. The van der Waals surface area contributed by atoms with E-state index in [1.807, 2.05) is 24.3 Å². The zero-order valence-corrected chi connectivity index (χ0v) is 14.5. The van der Waals surface area contributed by atoms with Crippen molar-refractivity contribution in [1.29, 1.82) is 0 Å². The quantitative estimate of drug-likeness (QED) is 0.708. The van der Waals surface area contributed by atoms with Crippen LogP contribution in [0.2, 0.25) is 0 Å². The van der Waals surface area contributed by atoms with Gasteiger partial charge >= 0.3 is 0 Å². The molecule has 0 aliphatic rings. The molecule has 0 N–H and O–H groups in total. The molecule has 0 bridgehead atoms. The molecule has 0 unspecified atom stereocenters. The predicted molar refractivity (Wildman–Crippen MR) is 97.6 cm³/mol. The van der Waals surface area contributed by atoms with Gasteiger partial charge in [-0.3, -0.25) is 0 Å². The van der Waals surface area contributed by atoms with Gasteiger partial charge in [0.15, 0.2) is 0 Å². The molecule has 4 heteroatoms.